The Morgan fingerprint density at radius 3 is 2.57 bits per heavy atom. The van der Waals surface area contributed by atoms with Gasteiger partial charge < -0.3 is 25.0 Å². The number of ether oxygens (including phenoxy) is 2. The summed E-state index contributed by atoms with van der Waals surface area (Å²) in [6, 6.07) is 16.5. The molecule has 0 heterocycles. The maximum absolute atomic E-state index is 5.76. The number of hydrogen-bond acceptors (Lipinski definition) is 4. The molecule has 2 aromatic rings. The van der Waals surface area contributed by atoms with Crippen LogP contribution in [0.4, 0.5) is 5.69 Å². The third-order valence-corrected chi connectivity index (χ3v) is 4.53. The quantitative estimate of drug-likeness (QED) is 0.197. The van der Waals surface area contributed by atoms with Crippen molar-refractivity contribution in [2.45, 2.75) is 26.4 Å². The summed E-state index contributed by atoms with van der Waals surface area (Å²) in [4.78, 5) is 6.62. The molecule has 0 amide bonds. The van der Waals surface area contributed by atoms with Crippen LogP contribution in [0.5, 0.6) is 5.75 Å². The van der Waals surface area contributed by atoms with Crippen LogP contribution in [-0.2, 0) is 17.8 Å². The van der Waals surface area contributed by atoms with Gasteiger partial charge in [-0.05, 0) is 36.9 Å². The van der Waals surface area contributed by atoms with Crippen LogP contribution in [0.3, 0.4) is 0 Å². The number of guanidine groups is 1. The Balaban J connectivity index is 0.00000450. The average Bonchev–Trinajstić information content (AvgIpc) is 2.74. The number of hydrogen-bond donors (Lipinski definition) is 2. The minimum Gasteiger partial charge on any atom is -0.493 e. The second-order valence-corrected chi connectivity index (χ2v) is 6.92. The maximum Gasteiger partial charge on any atom is 0.195 e. The zero-order valence-electron chi connectivity index (χ0n) is 18.5. The van der Waals surface area contributed by atoms with Crippen LogP contribution in [-0.4, -0.2) is 51.8 Å². The molecule has 0 atom stereocenters. The highest BCUT2D eigenvalue weighted by atomic mass is 127. The van der Waals surface area contributed by atoms with E-state index in [1.165, 1.54) is 11.1 Å². The Morgan fingerprint density at radius 2 is 1.83 bits per heavy atom. The first kappa shape index (κ1) is 26.2. The molecule has 0 spiro atoms. The van der Waals surface area contributed by atoms with E-state index in [9.17, 15) is 0 Å². The number of aliphatic imine (C=N–C) groups is 1. The summed E-state index contributed by atoms with van der Waals surface area (Å²) in [6.45, 7) is 6.19. The van der Waals surface area contributed by atoms with Crippen LogP contribution in [0.25, 0.3) is 0 Å². The predicted molar refractivity (Wildman–Crippen MR) is 136 cm³/mol. The second kappa shape index (κ2) is 15.0. The number of rotatable bonds is 11. The van der Waals surface area contributed by atoms with Gasteiger partial charge in [-0.15, -0.1) is 24.0 Å². The van der Waals surface area contributed by atoms with Gasteiger partial charge in [0.1, 0.15) is 5.75 Å². The third-order valence-electron chi connectivity index (χ3n) is 4.53. The molecule has 6 nitrogen and oxygen atoms in total. The number of halogens is 1. The van der Waals surface area contributed by atoms with Gasteiger partial charge in [0.15, 0.2) is 5.96 Å². The molecular formula is C23H35IN4O2. The molecule has 166 valence electrons. The Morgan fingerprint density at radius 1 is 1.07 bits per heavy atom. The van der Waals surface area contributed by atoms with Crippen molar-refractivity contribution in [2.24, 2.45) is 4.99 Å². The molecule has 0 unspecified atom stereocenters. The normalized spacial score (nSPS) is 11.2. The van der Waals surface area contributed by atoms with Gasteiger partial charge in [0, 0.05) is 52.0 Å². The van der Waals surface area contributed by atoms with Crippen molar-refractivity contribution in [1.29, 1.82) is 0 Å². The lowest BCUT2D eigenvalue weighted by atomic mass is 10.1. The SMILES string of the molecule is CCN(C)Cc1cccc(CNC(=NC)Nc2cccc(OCCCOC)c2)c1.I. The Kier molecular flexibility index (Phi) is 13.1. The molecule has 7 heteroatoms. The Hall–Kier alpha value is -1.84. The van der Waals surface area contributed by atoms with E-state index in [0.717, 1.165) is 36.9 Å². The topological polar surface area (TPSA) is 58.1 Å². The molecule has 0 bridgehead atoms. The highest BCUT2D eigenvalue weighted by molar-refractivity contribution is 14.0. The van der Waals surface area contributed by atoms with E-state index in [-0.39, 0.29) is 24.0 Å². The van der Waals surface area contributed by atoms with E-state index in [2.05, 4.69) is 58.8 Å². The van der Waals surface area contributed by atoms with E-state index in [0.29, 0.717) is 19.8 Å². The van der Waals surface area contributed by atoms with Crippen molar-refractivity contribution in [3.05, 3.63) is 59.7 Å². The molecule has 2 N–H and O–H groups in total. The van der Waals surface area contributed by atoms with Crippen molar-refractivity contribution < 1.29 is 9.47 Å². The predicted octanol–water partition coefficient (Wildman–Crippen LogP) is 4.36. The summed E-state index contributed by atoms with van der Waals surface area (Å²) in [5.41, 5.74) is 3.47. The van der Waals surface area contributed by atoms with Crippen LogP contribution < -0.4 is 15.4 Å². The van der Waals surface area contributed by atoms with E-state index >= 15 is 0 Å². The molecule has 0 radical (unpaired) electrons. The maximum atomic E-state index is 5.76. The van der Waals surface area contributed by atoms with Crippen LogP contribution in [0.1, 0.15) is 24.5 Å². The fourth-order valence-electron chi connectivity index (χ4n) is 2.82. The van der Waals surface area contributed by atoms with E-state index < -0.39 is 0 Å². The van der Waals surface area contributed by atoms with Gasteiger partial charge in [-0.3, -0.25) is 4.99 Å². The fourth-order valence-corrected chi connectivity index (χ4v) is 2.82. The third kappa shape index (κ3) is 9.77. The molecule has 2 rings (SSSR count). The molecule has 0 aromatic heterocycles. The van der Waals surface area contributed by atoms with E-state index in [1.807, 2.05) is 24.3 Å². The molecule has 2 aromatic carbocycles. The van der Waals surface area contributed by atoms with Gasteiger partial charge in [-0.25, -0.2) is 0 Å². The Labute approximate surface area is 198 Å². The summed E-state index contributed by atoms with van der Waals surface area (Å²) < 4.78 is 10.8. The zero-order valence-corrected chi connectivity index (χ0v) is 20.8. The highest BCUT2D eigenvalue weighted by Crippen LogP contribution is 2.17. The molecule has 0 aliphatic carbocycles. The van der Waals surface area contributed by atoms with Crippen molar-refractivity contribution in [2.75, 3.05) is 46.3 Å². The fraction of sp³-hybridized carbons (Fsp3) is 0.435. The van der Waals surface area contributed by atoms with Gasteiger partial charge in [0.05, 0.1) is 6.61 Å². The molecule has 0 aliphatic rings. The number of anilines is 1. The van der Waals surface area contributed by atoms with Crippen LogP contribution in [0.2, 0.25) is 0 Å². The first-order valence-electron chi connectivity index (χ1n) is 10.1. The molecule has 0 saturated heterocycles. The number of nitrogens with one attached hydrogen (secondary N) is 2. The molecule has 30 heavy (non-hydrogen) atoms. The molecule has 0 fully saturated rings. The van der Waals surface area contributed by atoms with Crippen molar-refractivity contribution in [1.82, 2.24) is 10.2 Å². The van der Waals surface area contributed by atoms with Gasteiger partial charge >= 0.3 is 0 Å². The summed E-state index contributed by atoms with van der Waals surface area (Å²) in [6.07, 6.45) is 0.866. The lowest BCUT2D eigenvalue weighted by Crippen LogP contribution is -2.30. The van der Waals surface area contributed by atoms with Crippen LogP contribution >= 0.6 is 24.0 Å². The second-order valence-electron chi connectivity index (χ2n) is 6.92. The van der Waals surface area contributed by atoms with Gasteiger partial charge in [0.25, 0.3) is 0 Å². The largest absolute Gasteiger partial charge is 0.493 e. The summed E-state index contributed by atoms with van der Waals surface area (Å²) in [5.74, 6) is 1.55. The lowest BCUT2D eigenvalue weighted by molar-refractivity contribution is 0.172. The zero-order chi connectivity index (χ0) is 20.9. The molecule has 0 aliphatic heterocycles. The minimum absolute atomic E-state index is 0. The first-order chi connectivity index (χ1) is 14.1. The van der Waals surface area contributed by atoms with E-state index in [4.69, 9.17) is 9.47 Å². The minimum atomic E-state index is 0. The Bertz CT molecular complexity index is 770. The van der Waals surface area contributed by atoms with Crippen molar-refractivity contribution >= 4 is 35.6 Å². The first-order valence-corrected chi connectivity index (χ1v) is 10.1. The average molecular weight is 526 g/mol. The summed E-state index contributed by atoms with van der Waals surface area (Å²) >= 11 is 0. The van der Waals surface area contributed by atoms with Gasteiger partial charge in [0.2, 0.25) is 0 Å². The van der Waals surface area contributed by atoms with E-state index in [1.54, 1.807) is 14.2 Å². The molecule has 0 saturated carbocycles. The van der Waals surface area contributed by atoms with Crippen molar-refractivity contribution in [3.8, 4) is 5.75 Å². The van der Waals surface area contributed by atoms with Crippen molar-refractivity contribution in [3.63, 3.8) is 0 Å². The smallest absolute Gasteiger partial charge is 0.195 e. The monoisotopic (exact) mass is 526 g/mol. The van der Waals surface area contributed by atoms with Gasteiger partial charge in [-0.2, -0.15) is 0 Å². The number of benzene rings is 2. The summed E-state index contributed by atoms with van der Waals surface area (Å²) in [5, 5.41) is 6.70. The standard InChI is InChI=1S/C23H34N4O2.HI/c1-5-27(3)18-20-10-6-9-19(15-20)17-25-23(24-2)26-21-11-7-12-22(16-21)29-14-8-13-28-4;/h6-7,9-12,15-16H,5,8,13-14,17-18H2,1-4H3,(H2,24,25,26);1H. The number of nitrogens with zero attached hydrogens (tertiary/aromatic N) is 2. The lowest BCUT2D eigenvalue weighted by Gasteiger charge is -2.16. The molecular weight excluding hydrogens is 491 g/mol. The van der Waals surface area contributed by atoms with Crippen LogP contribution in [0, 0.1) is 0 Å². The van der Waals surface area contributed by atoms with Gasteiger partial charge in [-0.1, -0.05) is 37.3 Å². The van der Waals surface area contributed by atoms with Crippen LogP contribution in [0.15, 0.2) is 53.5 Å². The highest BCUT2D eigenvalue weighted by Gasteiger charge is 2.04. The number of methoxy groups -OCH3 is 1. The summed E-state index contributed by atoms with van der Waals surface area (Å²) in [7, 11) is 5.60.